The van der Waals surface area contributed by atoms with Gasteiger partial charge in [-0.25, -0.2) is 0 Å². The minimum absolute atomic E-state index is 0.0879. The number of aromatic amines is 1. The summed E-state index contributed by atoms with van der Waals surface area (Å²) in [5, 5.41) is 19.1. The number of H-pyrrole nitrogens is 1. The SMILES string of the molecule is Cc1cc(C(=O)NNC(=S)NC(=O)COc2ccc([N+](=O)[O-])cc2)n[nH]1. The first kappa shape index (κ1) is 18.8. The number of nitrogens with zero attached hydrogens (tertiary/aromatic N) is 2. The first-order chi connectivity index (χ1) is 12.3. The summed E-state index contributed by atoms with van der Waals surface area (Å²) in [4.78, 5) is 33.5. The molecule has 0 atom stereocenters. The maximum Gasteiger partial charge on any atom is 0.290 e. The van der Waals surface area contributed by atoms with Gasteiger partial charge < -0.3 is 4.74 Å². The lowest BCUT2D eigenvalue weighted by atomic mass is 10.3. The summed E-state index contributed by atoms with van der Waals surface area (Å²) in [6, 6.07) is 6.79. The fourth-order valence-electron chi connectivity index (χ4n) is 1.72. The highest BCUT2D eigenvalue weighted by Crippen LogP contribution is 2.16. The minimum atomic E-state index is -0.578. The second kappa shape index (κ2) is 8.53. The highest BCUT2D eigenvalue weighted by atomic mass is 32.1. The van der Waals surface area contributed by atoms with Crippen LogP contribution in [0.4, 0.5) is 5.69 Å². The van der Waals surface area contributed by atoms with Crippen molar-refractivity contribution in [1.29, 1.82) is 0 Å². The third-order valence-corrected chi connectivity index (χ3v) is 3.10. The zero-order chi connectivity index (χ0) is 19.1. The Hall–Kier alpha value is -3.54. The number of rotatable bonds is 5. The Balaban J connectivity index is 1.72. The largest absolute Gasteiger partial charge is 0.484 e. The third kappa shape index (κ3) is 5.52. The Morgan fingerprint density at radius 1 is 1.31 bits per heavy atom. The number of amides is 2. The van der Waals surface area contributed by atoms with E-state index in [0.717, 1.165) is 5.69 Å². The number of benzene rings is 1. The molecule has 0 spiro atoms. The van der Waals surface area contributed by atoms with Crippen molar-refractivity contribution in [2.45, 2.75) is 6.92 Å². The van der Waals surface area contributed by atoms with Crippen molar-refractivity contribution in [3.63, 3.8) is 0 Å². The second-order valence-electron chi connectivity index (χ2n) is 4.93. The molecule has 136 valence electrons. The van der Waals surface area contributed by atoms with Crippen molar-refractivity contribution >= 4 is 34.8 Å². The lowest BCUT2D eigenvalue weighted by Crippen LogP contribution is -2.49. The molecule has 0 aliphatic rings. The topological polar surface area (TPSA) is 151 Å². The predicted molar refractivity (Wildman–Crippen MR) is 93.3 cm³/mol. The summed E-state index contributed by atoms with van der Waals surface area (Å²) >= 11 is 4.86. The summed E-state index contributed by atoms with van der Waals surface area (Å²) in [5.74, 6) is -0.828. The Morgan fingerprint density at radius 3 is 2.58 bits per heavy atom. The van der Waals surface area contributed by atoms with Gasteiger partial charge in [0.1, 0.15) is 5.75 Å². The maximum atomic E-state index is 11.7. The molecule has 1 aromatic carbocycles. The van der Waals surface area contributed by atoms with Gasteiger partial charge in [-0.15, -0.1) is 0 Å². The fraction of sp³-hybridized carbons (Fsp3) is 0.143. The highest BCUT2D eigenvalue weighted by molar-refractivity contribution is 7.80. The monoisotopic (exact) mass is 378 g/mol. The van der Waals surface area contributed by atoms with Crippen molar-refractivity contribution in [3.8, 4) is 5.75 Å². The van der Waals surface area contributed by atoms with E-state index in [-0.39, 0.29) is 28.9 Å². The third-order valence-electron chi connectivity index (χ3n) is 2.90. The van der Waals surface area contributed by atoms with Crippen LogP contribution in [0.15, 0.2) is 30.3 Å². The number of nitro groups is 1. The zero-order valence-electron chi connectivity index (χ0n) is 13.4. The number of thiocarbonyl (C=S) groups is 1. The van der Waals surface area contributed by atoms with E-state index in [2.05, 4.69) is 26.4 Å². The number of hydrogen-bond acceptors (Lipinski definition) is 7. The van der Waals surface area contributed by atoms with E-state index in [0.29, 0.717) is 0 Å². The normalized spacial score (nSPS) is 9.88. The lowest BCUT2D eigenvalue weighted by Gasteiger charge is -2.10. The van der Waals surface area contributed by atoms with Gasteiger partial charge in [0.2, 0.25) is 0 Å². The summed E-state index contributed by atoms with van der Waals surface area (Å²) in [7, 11) is 0. The van der Waals surface area contributed by atoms with Gasteiger partial charge in [-0.3, -0.25) is 41.0 Å². The van der Waals surface area contributed by atoms with Crippen molar-refractivity contribution in [1.82, 2.24) is 26.4 Å². The molecule has 12 heteroatoms. The molecule has 11 nitrogen and oxygen atoms in total. The van der Waals surface area contributed by atoms with Gasteiger partial charge in [-0.05, 0) is 37.3 Å². The molecule has 0 saturated heterocycles. The number of hydrogen-bond donors (Lipinski definition) is 4. The Bertz CT molecular complexity index is 835. The van der Waals surface area contributed by atoms with E-state index in [9.17, 15) is 19.7 Å². The molecule has 2 amide bonds. The Labute approximate surface area is 152 Å². The number of ether oxygens (including phenoxy) is 1. The molecule has 4 N–H and O–H groups in total. The van der Waals surface area contributed by atoms with Gasteiger partial charge in [0.25, 0.3) is 17.5 Å². The van der Waals surface area contributed by atoms with E-state index in [4.69, 9.17) is 17.0 Å². The standard InChI is InChI=1S/C14H14N6O5S/c1-8-6-11(17-16-8)13(22)18-19-14(26)15-12(21)7-25-10-4-2-9(3-5-10)20(23)24/h2-6H,7H2,1H3,(H,16,17)(H,18,22)(H2,15,19,21,26). The fourth-order valence-corrected chi connectivity index (χ4v) is 1.88. The van der Waals surface area contributed by atoms with Crippen molar-refractivity contribution in [3.05, 3.63) is 51.8 Å². The lowest BCUT2D eigenvalue weighted by molar-refractivity contribution is -0.384. The van der Waals surface area contributed by atoms with Gasteiger partial charge in [0.05, 0.1) is 4.92 Å². The van der Waals surface area contributed by atoms with Gasteiger partial charge in [-0.2, -0.15) is 5.10 Å². The van der Waals surface area contributed by atoms with E-state index in [1.165, 1.54) is 30.3 Å². The average Bonchev–Trinajstić information content (AvgIpc) is 3.04. The predicted octanol–water partition coefficient (Wildman–Crippen LogP) is 0.341. The van der Waals surface area contributed by atoms with Crippen LogP contribution in [0.1, 0.15) is 16.2 Å². The van der Waals surface area contributed by atoms with Crippen LogP contribution < -0.4 is 20.9 Å². The number of nitro benzene ring substituents is 1. The number of non-ortho nitro benzene ring substituents is 1. The number of aromatic nitrogens is 2. The van der Waals surface area contributed by atoms with Gasteiger partial charge in [0, 0.05) is 17.8 Å². The molecule has 0 unspecified atom stereocenters. The van der Waals surface area contributed by atoms with Crippen molar-refractivity contribution in [2.75, 3.05) is 6.61 Å². The number of hydrazine groups is 1. The van der Waals surface area contributed by atoms with Gasteiger partial charge in [-0.1, -0.05) is 0 Å². The van der Waals surface area contributed by atoms with E-state index in [1.807, 2.05) is 0 Å². The van der Waals surface area contributed by atoms with Gasteiger partial charge >= 0.3 is 0 Å². The number of aryl methyl sites for hydroxylation is 1. The van der Waals surface area contributed by atoms with Crippen LogP contribution in [0.3, 0.4) is 0 Å². The molecule has 0 aliphatic heterocycles. The summed E-state index contributed by atoms with van der Waals surface area (Å²) in [6.45, 7) is 1.37. The molecule has 0 bridgehead atoms. The zero-order valence-corrected chi connectivity index (χ0v) is 14.3. The van der Waals surface area contributed by atoms with Crippen LogP contribution in [-0.4, -0.2) is 38.7 Å². The van der Waals surface area contributed by atoms with Crippen LogP contribution in [0.2, 0.25) is 0 Å². The first-order valence-electron chi connectivity index (χ1n) is 7.14. The molecule has 0 fully saturated rings. The smallest absolute Gasteiger partial charge is 0.290 e. The van der Waals surface area contributed by atoms with E-state index >= 15 is 0 Å². The molecule has 0 aliphatic carbocycles. The average molecular weight is 378 g/mol. The molecule has 0 radical (unpaired) electrons. The van der Waals surface area contributed by atoms with Crippen molar-refractivity contribution in [2.24, 2.45) is 0 Å². The van der Waals surface area contributed by atoms with Crippen LogP contribution >= 0.6 is 12.2 Å². The van der Waals surface area contributed by atoms with Crippen LogP contribution in [0.5, 0.6) is 5.75 Å². The molecule has 2 rings (SSSR count). The molecule has 26 heavy (non-hydrogen) atoms. The maximum absolute atomic E-state index is 11.7. The molecular weight excluding hydrogens is 364 g/mol. The molecular formula is C14H14N6O5S. The molecule has 0 saturated carbocycles. The summed E-state index contributed by atoms with van der Waals surface area (Å²) in [5.41, 5.74) is 5.42. The Morgan fingerprint density at radius 2 is 2.00 bits per heavy atom. The van der Waals surface area contributed by atoms with E-state index in [1.54, 1.807) is 6.92 Å². The summed E-state index contributed by atoms with van der Waals surface area (Å²) in [6.07, 6.45) is 0. The second-order valence-corrected chi connectivity index (χ2v) is 5.34. The Kier molecular flexibility index (Phi) is 6.16. The quantitative estimate of drug-likeness (QED) is 0.330. The number of carbonyl (C=O) groups is 2. The van der Waals surface area contributed by atoms with Crippen LogP contribution in [0.25, 0.3) is 0 Å². The minimum Gasteiger partial charge on any atom is -0.484 e. The molecule has 2 aromatic rings. The van der Waals surface area contributed by atoms with Crippen molar-refractivity contribution < 1.29 is 19.2 Å². The van der Waals surface area contributed by atoms with E-state index < -0.39 is 16.7 Å². The summed E-state index contributed by atoms with van der Waals surface area (Å²) < 4.78 is 5.18. The first-order valence-corrected chi connectivity index (χ1v) is 7.55. The molecule has 1 heterocycles. The van der Waals surface area contributed by atoms with Gasteiger partial charge in [0.15, 0.2) is 17.4 Å². The number of carbonyl (C=O) groups excluding carboxylic acids is 2. The van der Waals surface area contributed by atoms with Crippen LogP contribution in [-0.2, 0) is 4.79 Å². The van der Waals surface area contributed by atoms with Crippen LogP contribution in [0, 0.1) is 17.0 Å². The highest BCUT2D eigenvalue weighted by Gasteiger charge is 2.11. The molecule has 1 aromatic heterocycles. The number of nitrogens with one attached hydrogen (secondary N) is 4.